The number of hydrogen-bond acceptors (Lipinski definition) is 3. The van der Waals surface area contributed by atoms with E-state index in [4.69, 9.17) is 0 Å². The number of nitrogens with one attached hydrogen (secondary N) is 1. The van der Waals surface area contributed by atoms with Crippen molar-refractivity contribution in [2.24, 2.45) is 12.5 Å². The Morgan fingerprint density at radius 2 is 1.84 bits per heavy atom. The third-order valence-electron chi connectivity index (χ3n) is 3.06. The van der Waals surface area contributed by atoms with Crippen LogP contribution >= 0.6 is 0 Å². The molecule has 0 amide bonds. The molecule has 0 aliphatic heterocycles. The topological polar surface area (TPSA) is 42.7 Å². The number of aryl methyl sites for hydroxylation is 1. The summed E-state index contributed by atoms with van der Waals surface area (Å²) < 4.78 is 1.92. The molecule has 4 heteroatoms. The van der Waals surface area contributed by atoms with Crippen LogP contribution in [0.2, 0.25) is 0 Å². The summed E-state index contributed by atoms with van der Waals surface area (Å²) in [5.41, 5.74) is 2.60. The van der Waals surface area contributed by atoms with Crippen LogP contribution in [0.25, 0.3) is 11.4 Å². The van der Waals surface area contributed by atoms with E-state index in [0.29, 0.717) is 5.41 Å². The van der Waals surface area contributed by atoms with E-state index in [2.05, 4.69) is 60.6 Å². The zero-order chi connectivity index (χ0) is 13.9. The molecular weight excluding hydrogens is 236 g/mol. The Labute approximate surface area is 114 Å². The smallest absolute Gasteiger partial charge is 0.163 e. The first kappa shape index (κ1) is 13.6. The van der Waals surface area contributed by atoms with Gasteiger partial charge >= 0.3 is 0 Å². The number of rotatable bonds is 4. The maximum Gasteiger partial charge on any atom is 0.163 e. The molecule has 2 rings (SSSR count). The second-order valence-corrected chi connectivity index (χ2v) is 6.08. The molecule has 0 saturated heterocycles. The fourth-order valence-corrected chi connectivity index (χ4v) is 1.86. The van der Waals surface area contributed by atoms with Crippen molar-refractivity contribution in [1.82, 2.24) is 14.8 Å². The fourth-order valence-electron chi connectivity index (χ4n) is 1.86. The summed E-state index contributed by atoms with van der Waals surface area (Å²) >= 11 is 0. The number of anilines is 1. The van der Waals surface area contributed by atoms with Crippen LogP contribution in [0.1, 0.15) is 27.2 Å². The highest BCUT2D eigenvalue weighted by Gasteiger charge is 2.09. The van der Waals surface area contributed by atoms with Crippen molar-refractivity contribution in [3.05, 3.63) is 30.6 Å². The molecule has 2 aromatic rings. The van der Waals surface area contributed by atoms with Crippen molar-refractivity contribution in [3.63, 3.8) is 0 Å². The first-order valence-corrected chi connectivity index (χ1v) is 6.64. The van der Waals surface area contributed by atoms with Crippen LogP contribution in [0, 0.1) is 5.41 Å². The van der Waals surface area contributed by atoms with E-state index >= 15 is 0 Å². The van der Waals surface area contributed by atoms with Gasteiger partial charge in [0.25, 0.3) is 0 Å². The van der Waals surface area contributed by atoms with Gasteiger partial charge < -0.3 is 9.88 Å². The summed E-state index contributed by atoms with van der Waals surface area (Å²) in [7, 11) is 1.95. The quantitative estimate of drug-likeness (QED) is 0.914. The molecule has 0 spiro atoms. The van der Waals surface area contributed by atoms with Crippen molar-refractivity contribution >= 4 is 5.69 Å². The molecule has 1 heterocycles. The molecule has 0 radical (unpaired) electrons. The van der Waals surface area contributed by atoms with Gasteiger partial charge in [0.1, 0.15) is 6.33 Å². The lowest BCUT2D eigenvalue weighted by Gasteiger charge is -2.18. The minimum Gasteiger partial charge on any atom is -0.385 e. The van der Waals surface area contributed by atoms with Gasteiger partial charge in [0.05, 0.1) is 0 Å². The predicted molar refractivity (Wildman–Crippen MR) is 79.0 cm³/mol. The van der Waals surface area contributed by atoms with Crippen LogP contribution in [0.15, 0.2) is 30.6 Å². The number of benzene rings is 1. The van der Waals surface area contributed by atoms with Crippen molar-refractivity contribution in [2.45, 2.75) is 27.2 Å². The lowest BCUT2D eigenvalue weighted by Crippen LogP contribution is -2.12. The van der Waals surface area contributed by atoms with E-state index in [1.54, 1.807) is 6.33 Å². The van der Waals surface area contributed by atoms with Gasteiger partial charge in [-0.15, -0.1) is 10.2 Å². The molecule has 0 bridgehead atoms. The van der Waals surface area contributed by atoms with Gasteiger partial charge in [-0.1, -0.05) is 20.8 Å². The highest BCUT2D eigenvalue weighted by Crippen LogP contribution is 2.21. The average molecular weight is 258 g/mol. The van der Waals surface area contributed by atoms with Crippen LogP contribution in [0.3, 0.4) is 0 Å². The fraction of sp³-hybridized carbons (Fsp3) is 0.467. The zero-order valence-electron chi connectivity index (χ0n) is 12.1. The minimum absolute atomic E-state index is 0.367. The van der Waals surface area contributed by atoms with Crippen LogP contribution in [0.5, 0.6) is 0 Å². The van der Waals surface area contributed by atoms with Crippen molar-refractivity contribution in [2.75, 3.05) is 11.9 Å². The van der Waals surface area contributed by atoms with Crippen molar-refractivity contribution < 1.29 is 0 Å². The maximum absolute atomic E-state index is 4.10. The third-order valence-corrected chi connectivity index (χ3v) is 3.06. The molecule has 0 saturated carbocycles. The van der Waals surface area contributed by atoms with E-state index in [1.165, 1.54) is 0 Å². The van der Waals surface area contributed by atoms with E-state index in [9.17, 15) is 0 Å². The highest BCUT2D eigenvalue weighted by molar-refractivity contribution is 5.59. The van der Waals surface area contributed by atoms with Gasteiger partial charge in [0, 0.05) is 24.8 Å². The standard InChI is InChI=1S/C15H22N4/c1-15(2,3)9-10-16-13-7-5-12(6-8-13)14-18-17-11-19(14)4/h5-8,11,16H,9-10H2,1-4H3. The molecule has 0 atom stereocenters. The maximum atomic E-state index is 4.10. The summed E-state index contributed by atoms with van der Waals surface area (Å²) in [5.74, 6) is 0.890. The Kier molecular flexibility index (Phi) is 3.88. The van der Waals surface area contributed by atoms with Gasteiger partial charge in [-0.25, -0.2) is 0 Å². The zero-order valence-corrected chi connectivity index (χ0v) is 12.1. The molecule has 4 nitrogen and oxygen atoms in total. The van der Waals surface area contributed by atoms with Gasteiger partial charge in [0.15, 0.2) is 5.82 Å². The first-order chi connectivity index (χ1) is 8.96. The second kappa shape index (κ2) is 5.43. The van der Waals surface area contributed by atoms with Gasteiger partial charge in [0.2, 0.25) is 0 Å². The minimum atomic E-state index is 0.367. The van der Waals surface area contributed by atoms with E-state index < -0.39 is 0 Å². The first-order valence-electron chi connectivity index (χ1n) is 6.64. The van der Waals surface area contributed by atoms with Crippen LogP contribution in [-0.4, -0.2) is 21.3 Å². The Morgan fingerprint density at radius 3 is 2.37 bits per heavy atom. The number of hydrogen-bond donors (Lipinski definition) is 1. The van der Waals surface area contributed by atoms with Crippen LogP contribution < -0.4 is 5.32 Å². The Hall–Kier alpha value is -1.84. The largest absolute Gasteiger partial charge is 0.385 e. The molecule has 0 aliphatic rings. The Morgan fingerprint density at radius 1 is 1.16 bits per heavy atom. The molecule has 0 fully saturated rings. The summed E-state index contributed by atoms with van der Waals surface area (Å²) in [5, 5.41) is 11.4. The summed E-state index contributed by atoms with van der Waals surface area (Å²) in [6, 6.07) is 8.33. The van der Waals surface area contributed by atoms with Crippen molar-refractivity contribution in [3.8, 4) is 11.4 Å². The molecular formula is C15H22N4. The van der Waals surface area contributed by atoms with Gasteiger partial charge in [-0.2, -0.15) is 0 Å². The average Bonchev–Trinajstić information content (AvgIpc) is 2.75. The third kappa shape index (κ3) is 3.81. The molecule has 1 N–H and O–H groups in total. The second-order valence-electron chi connectivity index (χ2n) is 6.08. The van der Waals surface area contributed by atoms with Gasteiger partial charge in [-0.05, 0) is 36.1 Å². The summed E-state index contributed by atoms with van der Waals surface area (Å²) in [4.78, 5) is 0. The van der Waals surface area contributed by atoms with Gasteiger partial charge in [-0.3, -0.25) is 0 Å². The van der Waals surface area contributed by atoms with Crippen LogP contribution in [-0.2, 0) is 7.05 Å². The lowest BCUT2D eigenvalue weighted by atomic mass is 9.92. The molecule has 19 heavy (non-hydrogen) atoms. The van der Waals surface area contributed by atoms with Crippen molar-refractivity contribution in [1.29, 1.82) is 0 Å². The molecule has 0 unspecified atom stereocenters. The lowest BCUT2D eigenvalue weighted by molar-refractivity contribution is 0.390. The molecule has 102 valence electrons. The molecule has 1 aromatic carbocycles. The SMILES string of the molecule is Cn1cnnc1-c1ccc(NCCC(C)(C)C)cc1. The Balaban J connectivity index is 1.98. The van der Waals surface area contributed by atoms with E-state index in [1.807, 2.05) is 11.6 Å². The summed E-state index contributed by atoms with van der Waals surface area (Å²) in [6.07, 6.45) is 2.86. The molecule has 0 aliphatic carbocycles. The number of aromatic nitrogens is 3. The monoisotopic (exact) mass is 258 g/mol. The Bertz CT molecular complexity index is 520. The normalized spacial score (nSPS) is 11.6. The number of nitrogens with zero attached hydrogens (tertiary/aromatic N) is 3. The van der Waals surface area contributed by atoms with Crippen LogP contribution in [0.4, 0.5) is 5.69 Å². The summed E-state index contributed by atoms with van der Waals surface area (Å²) in [6.45, 7) is 7.76. The highest BCUT2D eigenvalue weighted by atomic mass is 15.2. The molecule has 1 aromatic heterocycles. The van der Waals surface area contributed by atoms with E-state index in [0.717, 1.165) is 30.0 Å². The predicted octanol–water partition coefficient (Wildman–Crippen LogP) is 3.33. The van der Waals surface area contributed by atoms with E-state index in [-0.39, 0.29) is 0 Å².